The van der Waals surface area contributed by atoms with Gasteiger partial charge in [0.15, 0.2) is 0 Å². The summed E-state index contributed by atoms with van der Waals surface area (Å²) in [7, 11) is 0. The Balaban J connectivity index is 2.36. The van der Waals surface area contributed by atoms with E-state index in [1.165, 1.54) is 4.90 Å². The number of carboxylic acids is 1. The van der Waals surface area contributed by atoms with Crippen molar-refractivity contribution >= 4 is 11.9 Å². The standard InChI is InChI=1S/C9H13NO5/c11-5-8(15)3-9(7(13)14)2-1-6(12)10(9)4-8/h11,15H,1-5H2,(H,13,14). The summed E-state index contributed by atoms with van der Waals surface area (Å²) in [6.07, 6.45) is 0.328. The lowest BCUT2D eigenvalue weighted by Crippen LogP contribution is -2.47. The summed E-state index contributed by atoms with van der Waals surface area (Å²) in [6.45, 7) is -0.611. The number of carbonyl (C=O) groups is 2. The summed E-state index contributed by atoms with van der Waals surface area (Å²) in [5, 5.41) is 27.9. The van der Waals surface area contributed by atoms with Gasteiger partial charge in [0.2, 0.25) is 5.91 Å². The van der Waals surface area contributed by atoms with Crippen LogP contribution in [0.5, 0.6) is 0 Å². The molecule has 2 fully saturated rings. The van der Waals surface area contributed by atoms with E-state index in [2.05, 4.69) is 0 Å². The van der Waals surface area contributed by atoms with E-state index in [-0.39, 0.29) is 31.7 Å². The Morgan fingerprint density at radius 1 is 1.53 bits per heavy atom. The van der Waals surface area contributed by atoms with Crippen LogP contribution in [-0.4, -0.2) is 56.4 Å². The van der Waals surface area contributed by atoms with Gasteiger partial charge < -0.3 is 20.2 Å². The average molecular weight is 215 g/mol. The van der Waals surface area contributed by atoms with Crippen LogP contribution in [0.1, 0.15) is 19.3 Å². The van der Waals surface area contributed by atoms with Crippen LogP contribution in [-0.2, 0) is 9.59 Å². The molecule has 2 aliphatic heterocycles. The van der Waals surface area contributed by atoms with Gasteiger partial charge in [0, 0.05) is 12.8 Å². The molecule has 2 saturated heterocycles. The highest BCUT2D eigenvalue weighted by atomic mass is 16.4. The van der Waals surface area contributed by atoms with Gasteiger partial charge in [-0.3, -0.25) is 4.79 Å². The lowest BCUT2D eigenvalue weighted by molar-refractivity contribution is -0.151. The van der Waals surface area contributed by atoms with Crippen molar-refractivity contribution in [1.29, 1.82) is 0 Å². The first kappa shape index (κ1) is 10.4. The van der Waals surface area contributed by atoms with Crippen molar-refractivity contribution in [3.63, 3.8) is 0 Å². The summed E-state index contributed by atoms with van der Waals surface area (Å²) in [4.78, 5) is 23.8. The zero-order valence-corrected chi connectivity index (χ0v) is 8.14. The van der Waals surface area contributed by atoms with E-state index in [9.17, 15) is 14.7 Å². The molecule has 2 heterocycles. The van der Waals surface area contributed by atoms with Gasteiger partial charge >= 0.3 is 5.97 Å². The minimum Gasteiger partial charge on any atom is -0.479 e. The first-order chi connectivity index (χ1) is 6.93. The van der Waals surface area contributed by atoms with Crippen LogP contribution in [0.15, 0.2) is 0 Å². The Morgan fingerprint density at radius 3 is 2.67 bits per heavy atom. The van der Waals surface area contributed by atoms with E-state index in [0.29, 0.717) is 0 Å². The quantitative estimate of drug-likeness (QED) is 0.524. The minimum atomic E-state index is -1.46. The van der Waals surface area contributed by atoms with Gasteiger partial charge in [-0.2, -0.15) is 0 Å². The topological polar surface area (TPSA) is 98.1 Å². The smallest absolute Gasteiger partial charge is 0.329 e. The van der Waals surface area contributed by atoms with Crippen molar-refractivity contribution in [2.45, 2.75) is 30.4 Å². The van der Waals surface area contributed by atoms with Crippen LogP contribution in [0.2, 0.25) is 0 Å². The monoisotopic (exact) mass is 215 g/mol. The summed E-state index contributed by atoms with van der Waals surface area (Å²) >= 11 is 0. The number of hydrogen-bond acceptors (Lipinski definition) is 4. The molecule has 2 atom stereocenters. The fraction of sp³-hybridized carbons (Fsp3) is 0.778. The SMILES string of the molecule is O=C1CCC2(C(=O)O)CC(O)(CO)CN12. The fourth-order valence-electron chi connectivity index (χ4n) is 2.54. The van der Waals surface area contributed by atoms with Gasteiger partial charge in [0.25, 0.3) is 0 Å². The molecule has 2 unspecified atom stereocenters. The Labute approximate surface area is 86.1 Å². The molecule has 0 radical (unpaired) electrons. The fourth-order valence-corrected chi connectivity index (χ4v) is 2.54. The molecule has 0 saturated carbocycles. The zero-order chi connectivity index (χ0) is 11.3. The van der Waals surface area contributed by atoms with Crippen molar-refractivity contribution in [2.24, 2.45) is 0 Å². The zero-order valence-electron chi connectivity index (χ0n) is 8.14. The molecule has 15 heavy (non-hydrogen) atoms. The van der Waals surface area contributed by atoms with E-state index < -0.39 is 23.7 Å². The Kier molecular flexibility index (Phi) is 2.03. The molecule has 0 spiro atoms. The van der Waals surface area contributed by atoms with Gasteiger partial charge in [0.1, 0.15) is 11.1 Å². The molecule has 2 aliphatic rings. The van der Waals surface area contributed by atoms with Crippen molar-refractivity contribution in [3.05, 3.63) is 0 Å². The highest BCUT2D eigenvalue weighted by Crippen LogP contribution is 2.43. The number of aliphatic hydroxyl groups is 2. The minimum absolute atomic E-state index is 0.0857. The maximum Gasteiger partial charge on any atom is 0.329 e. The Bertz CT molecular complexity index is 330. The lowest BCUT2D eigenvalue weighted by Gasteiger charge is -2.26. The van der Waals surface area contributed by atoms with Crippen molar-refractivity contribution in [1.82, 2.24) is 4.90 Å². The van der Waals surface area contributed by atoms with Crippen molar-refractivity contribution in [3.8, 4) is 0 Å². The summed E-state index contributed by atoms with van der Waals surface area (Å²) in [5.41, 5.74) is -2.76. The molecule has 0 aromatic rings. The van der Waals surface area contributed by atoms with Crippen molar-refractivity contribution in [2.75, 3.05) is 13.2 Å². The third kappa shape index (κ3) is 1.25. The van der Waals surface area contributed by atoms with Gasteiger partial charge in [-0.1, -0.05) is 0 Å². The number of fused-ring (bicyclic) bond motifs is 1. The molecule has 3 N–H and O–H groups in total. The van der Waals surface area contributed by atoms with Gasteiger partial charge in [-0.25, -0.2) is 4.79 Å². The number of nitrogens with zero attached hydrogens (tertiary/aromatic N) is 1. The number of hydrogen-bond donors (Lipinski definition) is 3. The third-order valence-corrected chi connectivity index (χ3v) is 3.34. The number of rotatable bonds is 2. The van der Waals surface area contributed by atoms with Crippen molar-refractivity contribution < 1.29 is 24.9 Å². The molecule has 2 rings (SSSR count). The van der Waals surface area contributed by atoms with Crippen LogP contribution >= 0.6 is 0 Å². The number of aliphatic hydroxyl groups excluding tert-OH is 1. The normalized spacial score (nSPS) is 39.6. The van der Waals surface area contributed by atoms with E-state index in [1.54, 1.807) is 0 Å². The molecule has 6 nitrogen and oxygen atoms in total. The summed E-state index contributed by atoms with van der Waals surface area (Å²) in [6, 6.07) is 0. The van der Waals surface area contributed by atoms with Gasteiger partial charge in [-0.05, 0) is 6.42 Å². The van der Waals surface area contributed by atoms with E-state index in [1.807, 2.05) is 0 Å². The van der Waals surface area contributed by atoms with E-state index in [4.69, 9.17) is 10.2 Å². The first-order valence-corrected chi connectivity index (χ1v) is 4.81. The first-order valence-electron chi connectivity index (χ1n) is 4.81. The largest absolute Gasteiger partial charge is 0.479 e. The molecule has 0 aliphatic carbocycles. The Morgan fingerprint density at radius 2 is 2.20 bits per heavy atom. The van der Waals surface area contributed by atoms with E-state index >= 15 is 0 Å². The molecular weight excluding hydrogens is 202 g/mol. The molecule has 84 valence electrons. The molecule has 0 bridgehead atoms. The van der Waals surface area contributed by atoms with Crippen LogP contribution in [0.4, 0.5) is 0 Å². The number of aliphatic carboxylic acids is 1. The lowest BCUT2D eigenvalue weighted by atomic mass is 9.88. The third-order valence-electron chi connectivity index (χ3n) is 3.34. The molecule has 0 aromatic heterocycles. The van der Waals surface area contributed by atoms with E-state index in [0.717, 1.165) is 0 Å². The molecule has 0 aromatic carbocycles. The maximum absolute atomic E-state index is 11.4. The van der Waals surface area contributed by atoms with Crippen LogP contribution in [0.25, 0.3) is 0 Å². The second-order valence-electron chi connectivity index (χ2n) is 4.38. The number of carbonyl (C=O) groups excluding carboxylic acids is 1. The summed E-state index contributed by atoms with van der Waals surface area (Å²) < 4.78 is 0. The number of β-amino-alcohol motifs (C(OH)–C–C–N with tert-alkyl or cyclic N) is 1. The highest BCUT2D eigenvalue weighted by molar-refractivity contribution is 5.92. The molecule has 1 amide bonds. The van der Waals surface area contributed by atoms with Crippen LogP contribution in [0, 0.1) is 0 Å². The maximum atomic E-state index is 11.4. The van der Waals surface area contributed by atoms with Crippen LogP contribution in [0.3, 0.4) is 0 Å². The number of carboxylic acid groups (broad SMARTS) is 1. The summed E-state index contributed by atoms with van der Waals surface area (Å²) in [5.74, 6) is -1.36. The Hall–Kier alpha value is -1.14. The second-order valence-corrected chi connectivity index (χ2v) is 4.38. The van der Waals surface area contributed by atoms with Gasteiger partial charge in [-0.15, -0.1) is 0 Å². The van der Waals surface area contributed by atoms with Crippen LogP contribution < -0.4 is 0 Å². The van der Waals surface area contributed by atoms with Gasteiger partial charge in [0.05, 0.1) is 13.2 Å². The predicted octanol–water partition coefficient (Wildman–Crippen LogP) is -1.44. The number of amides is 1. The highest BCUT2D eigenvalue weighted by Gasteiger charge is 2.61. The second kappa shape index (κ2) is 2.93. The molecule has 6 heteroatoms. The molecular formula is C9H13NO5. The predicted molar refractivity (Wildman–Crippen MR) is 48.0 cm³/mol. The average Bonchev–Trinajstić information content (AvgIpc) is 2.64.